The summed E-state index contributed by atoms with van der Waals surface area (Å²) in [4.78, 5) is 24.3. The Labute approximate surface area is 92.8 Å². The predicted octanol–water partition coefficient (Wildman–Crippen LogP) is 0.852. The lowest BCUT2D eigenvalue weighted by atomic mass is 10.1. The van der Waals surface area contributed by atoms with Crippen LogP contribution in [0.1, 0.15) is 19.3 Å². The fourth-order valence-corrected chi connectivity index (χ4v) is 1.67. The zero-order valence-corrected chi connectivity index (χ0v) is 8.74. The standard InChI is InChI=1S/C10H13N3O3/c14-10(15)8-3-1-2-6-16-13(8)9-4-5-11-7-12-9/h4-5,7-8H,1-3,6H2,(H,14,15). The van der Waals surface area contributed by atoms with Crippen molar-refractivity contribution in [2.75, 3.05) is 11.7 Å². The summed E-state index contributed by atoms with van der Waals surface area (Å²) >= 11 is 0. The molecule has 16 heavy (non-hydrogen) atoms. The van der Waals surface area contributed by atoms with Crippen LogP contribution < -0.4 is 5.06 Å². The topological polar surface area (TPSA) is 75.6 Å². The first-order valence-corrected chi connectivity index (χ1v) is 5.20. The first-order chi connectivity index (χ1) is 7.79. The third kappa shape index (κ3) is 2.27. The highest BCUT2D eigenvalue weighted by Gasteiger charge is 2.29. The molecule has 0 aliphatic carbocycles. The fraction of sp³-hybridized carbons (Fsp3) is 0.500. The molecule has 6 heteroatoms. The van der Waals surface area contributed by atoms with Crippen LogP contribution in [0.25, 0.3) is 0 Å². The second kappa shape index (κ2) is 4.89. The van der Waals surface area contributed by atoms with Gasteiger partial charge in [0.15, 0.2) is 11.9 Å². The molecule has 1 aliphatic rings. The Morgan fingerprint density at radius 2 is 2.44 bits per heavy atom. The molecule has 86 valence electrons. The second-order valence-electron chi connectivity index (χ2n) is 3.58. The van der Waals surface area contributed by atoms with Crippen LogP contribution in [0.2, 0.25) is 0 Å². The first-order valence-electron chi connectivity index (χ1n) is 5.20. The van der Waals surface area contributed by atoms with Crippen LogP contribution in [0.15, 0.2) is 18.6 Å². The van der Waals surface area contributed by atoms with Gasteiger partial charge in [-0.05, 0) is 19.3 Å². The maximum absolute atomic E-state index is 11.1. The second-order valence-corrected chi connectivity index (χ2v) is 3.58. The Balaban J connectivity index is 2.24. The molecule has 1 atom stereocenters. The SMILES string of the molecule is O=C(O)C1CCCCON1c1ccncn1. The van der Waals surface area contributed by atoms with Gasteiger partial charge in [-0.2, -0.15) is 0 Å². The van der Waals surface area contributed by atoms with Gasteiger partial charge in [0.2, 0.25) is 0 Å². The molecule has 0 saturated carbocycles. The zero-order valence-electron chi connectivity index (χ0n) is 8.74. The van der Waals surface area contributed by atoms with Gasteiger partial charge < -0.3 is 5.11 Å². The highest BCUT2D eigenvalue weighted by atomic mass is 16.7. The van der Waals surface area contributed by atoms with E-state index in [1.54, 1.807) is 12.3 Å². The fourth-order valence-electron chi connectivity index (χ4n) is 1.67. The third-order valence-electron chi connectivity index (χ3n) is 2.46. The summed E-state index contributed by atoms with van der Waals surface area (Å²) < 4.78 is 0. The van der Waals surface area contributed by atoms with Crippen LogP contribution in [-0.4, -0.2) is 33.7 Å². The van der Waals surface area contributed by atoms with E-state index in [-0.39, 0.29) is 0 Å². The van der Waals surface area contributed by atoms with E-state index >= 15 is 0 Å². The number of aromatic nitrogens is 2. The van der Waals surface area contributed by atoms with Crippen molar-refractivity contribution in [1.29, 1.82) is 0 Å². The molecule has 6 nitrogen and oxygen atoms in total. The third-order valence-corrected chi connectivity index (χ3v) is 2.46. The summed E-state index contributed by atoms with van der Waals surface area (Å²) in [5.74, 6) is -0.398. The minimum Gasteiger partial charge on any atom is -0.480 e. The minimum absolute atomic E-state index is 0.490. The van der Waals surface area contributed by atoms with Crippen molar-refractivity contribution in [1.82, 2.24) is 9.97 Å². The van der Waals surface area contributed by atoms with Crippen LogP contribution in [0.3, 0.4) is 0 Å². The number of carbonyl (C=O) groups is 1. The summed E-state index contributed by atoms with van der Waals surface area (Å²) in [6.45, 7) is 0.522. The van der Waals surface area contributed by atoms with E-state index in [1.807, 2.05) is 0 Å². The van der Waals surface area contributed by atoms with Crippen molar-refractivity contribution in [2.24, 2.45) is 0 Å². The van der Waals surface area contributed by atoms with Crippen LogP contribution in [0, 0.1) is 0 Å². The molecule has 0 spiro atoms. The van der Waals surface area contributed by atoms with Gasteiger partial charge in [0, 0.05) is 12.3 Å². The first kappa shape index (κ1) is 10.8. The van der Waals surface area contributed by atoms with E-state index in [0.29, 0.717) is 18.8 Å². The molecular weight excluding hydrogens is 210 g/mol. The lowest BCUT2D eigenvalue weighted by Crippen LogP contribution is -2.40. The average molecular weight is 223 g/mol. The van der Waals surface area contributed by atoms with Gasteiger partial charge in [-0.25, -0.2) is 19.8 Å². The van der Waals surface area contributed by atoms with Gasteiger partial charge in [-0.1, -0.05) is 0 Å². The lowest BCUT2D eigenvalue weighted by molar-refractivity contribution is -0.140. The molecule has 1 N–H and O–H groups in total. The van der Waals surface area contributed by atoms with Crippen LogP contribution in [0.5, 0.6) is 0 Å². The Bertz CT molecular complexity index is 358. The van der Waals surface area contributed by atoms with Gasteiger partial charge in [-0.15, -0.1) is 0 Å². The Hall–Kier alpha value is -1.69. The minimum atomic E-state index is -0.888. The molecule has 0 bridgehead atoms. The number of carboxylic acids is 1. The molecule has 1 unspecified atom stereocenters. The van der Waals surface area contributed by atoms with E-state index in [1.165, 1.54) is 11.4 Å². The molecule has 1 aliphatic heterocycles. The molecule has 0 amide bonds. The van der Waals surface area contributed by atoms with Crippen molar-refractivity contribution in [3.8, 4) is 0 Å². The summed E-state index contributed by atoms with van der Waals surface area (Å²) in [6.07, 6.45) is 5.22. The van der Waals surface area contributed by atoms with Gasteiger partial charge in [-0.3, -0.25) is 4.84 Å². The number of hydroxylamine groups is 1. The molecule has 1 aromatic heterocycles. The lowest BCUT2D eigenvalue weighted by Gasteiger charge is -2.25. The molecular formula is C10H13N3O3. The number of hydrogen-bond donors (Lipinski definition) is 1. The van der Waals surface area contributed by atoms with Gasteiger partial charge in [0.05, 0.1) is 6.61 Å². The molecule has 2 heterocycles. The molecule has 0 radical (unpaired) electrons. The normalized spacial score (nSPS) is 21.5. The number of carboxylic acid groups (broad SMARTS) is 1. The van der Waals surface area contributed by atoms with Crippen LogP contribution in [-0.2, 0) is 9.63 Å². The molecule has 0 aromatic carbocycles. The quantitative estimate of drug-likeness (QED) is 0.801. The number of hydrogen-bond acceptors (Lipinski definition) is 5. The molecule has 1 aromatic rings. The maximum Gasteiger partial charge on any atom is 0.329 e. The zero-order chi connectivity index (χ0) is 11.4. The van der Waals surface area contributed by atoms with Crippen molar-refractivity contribution in [3.05, 3.63) is 18.6 Å². The molecule has 2 rings (SSSR count). The summed E-state index contributed by atoms with van der Waals surface area (Å²) in [5.41, 5.74) is 0. The maximum atomic E-state index is 11.1. The Morgan fingerprint density at radius 3 is 3.12 bits per heavy atom. The molecule has 1 saturated heterocycles. The van der Waals surface area contributed by atoms with Crippen molar-refractivity contribution >= 4 is 11.8 Å². The largest absolute Gasteiger partial charge is 0.480 e. The Kier molecular flexibility index (Phi) is 3.31. The van der Waals surface area contributed by atoms with Gasteiger partial charge in [0.1, 0.15) is 6.33 Å². The monoisotopic (exact) mass is 223 g/mol. The summed E-state index contributed by atoms with van der Waals surface area (Å²) in [6, 6.07) is 0.971. The highest BCUT2D eigenvalue weighted by molar-refractivity contribution is 5.77. The van der Waals surface area contributed by atoms with Gasteiger partial charge in [0.25, 0.3) is 0 Å². The van der Waals surface area contributed by atoms with Crippen molar-refractivity contribution in [2.45, 2.75) is 25.3 Å². The van der Waals surface area contributed by atoms with E-state index in [9.17, 15) is 4.79 Å². The van der Waals surface area contributed by atoms with Crippen molar-refractivity contribution in [3.63, 3.8) is 0 Å². The Morgan fingerprint density at radius 1 is 1.56 bits per heavy atom. The van der Waals surface area contributed by atoms with E-state index in [4.69, 9.17) is 9.94 Å². The number of rotatable bonds is 2. The predicted molar refractivity (Wildman–Crippen MR) is 55.7 cm³/mol. The van der Waals surface area contributed by atoms with Crippen LogP contribution in [0.4, 0.5) is 5.82 Å². The highest BCUT2D eigenvalue weighted by Crippen LogP contribution is 2.21. The van der Waals surface area contributed by atoms with E-state index in [2.05, 4.69) is 9.97 Å². The van der Waals surface area contributed by atoms with E-state index in [0.717, 1.165) is 12.8 Å². The number of nitrogens with zero attached hydrogens (tertiary/aromatic N) is 3. The number of aliphatic carboxylic acids is 1. The summed E-state index contributed by atoms with van der Waals surface area (Å²) in [5, 5.41) is 10.5. The summed E-state index contributed by atoms with van der Waals surface area (Å²) in [7, 11) is 0. The smallest absolute Gasteiger partial charge is 0.329 e. The number of anilines is 1. The van der Waals surface area contributed by atoms with Crippen LogP contribution >= 0.6 is 0 Å². The van der Waals surface area contributed by atoms with Crippen molar-refractivity contribution < 1.29 is 14.7 Å². The van der Waals surface area contributed by atoms with E-state index < -0.39 is 12.0 Å². The average Bonchev–Trinajstić information content (AvgIpc) is 2.55. The molecule has 1 fully saturated rings. The van der Waals surface area contributed by atoms with Gasteiger partial charge >= 0.3 is 5.97 Å².